The van der Waals surface area contributed by atoms with Gasteiger partial charge in [-0.3, -0.25) is 4.79 Å². The molecule has 0 bridgehead atoms. The predicted molar refractivity (Wildman–Crippen MR) is 78.7 cm³/mol. The van der Waals surface area contributed by atoms with Gasteiger partial charge in [-0.15, -0.1) is 0 Å². The Bertz CT molecular complexity index is 695. The minimum atomic E-state index is -0.255. The van der Waals surface area contributed by atoms with Gasteiger partial charge in [-0.05, 0) is 24.6 Å². The summed E-state index contributed by atoms with van der Waals surface area (Å²) >= 11 is 0. The lowest BCUT2D eigenvalue weighted by atomic mass is 10.1. The molecular formula is C16H18N2O4. The van der Waals surface area contributed by atoms with Crippen molar-refractivity contribution in [3.63, 3.8) is 0 Å². The number of hydrogen-bond acceptors (Lipinski definition) is 5. The summed E-state index contributed by atoms with van der Waals surface area (Å²) in [6.07, 6.45) is -0.255. The quantitative estimate of drug-likeness (QED) is 0.920. The first-order valence-corrected chi connectivity index (χ1v) is 7.18. The third kappa shape index (κ3) is 2.82. The first-order chi connectivity index (χ1) is 10.5. The monoisotopic (exact) mass is 302 g/mol. The molecule has 1 aliphatic heterocycles. The molecule has 1 N–H and O–H groups in total. The first kappa shape index (κ1) is 14.6. The number of nitrogens with zero attached hydrogens (tertiary/aromatic N) is 2. The number of benzene rings is 1. The zero-order valence-electron chi connectivity index (χ0n) is 12.6. The molecule has 0 spiro atoms. The van der Waals surface area contributed by atoms with Gasteiger partial charge in [-0.25, -0.2) is 4.98 Å². The Balaban J connectivity index is 1.78. The van der Waals surface area contributed by atoms with Gasteiger partial charge in [0.1, 0.15) is 11.9 Å². The highest BCUT2D eigenvalue weighted by Crippen LogP contribution is 2.26. The predicted octanol–water partition coefficient (Wildman–Crippen LogP) is 2.21. The van der Waals surface area contributed by atoms with Gasteiger partial charge in [0, 0.05) is 13.5 Å². The van der Waals surface area contributed by atoms with E-state index in [0.29, 0.717) is 31.3 Å². The summed E-state index contributed by atoms with van der Waals surface area (Å²) in [5.41, 5.74) is 1.45. The number of oxazole rings is 1. The van der Waals surface area contributed by atoms with Crippen LogP contribution in [0.25, 0.3) is 0 Å². The van der Waals surface area contributed by atoms with E-state index >= 15 is 0 Å². The first-order valence-electron chi connectivity index (χ1n) is 7.18. The normalized spacial score (nSPS) is 18.5. The zero-order chi connectivity index (χ0) is 15.7. The number of aryl methyl sites for hydroxylation is 2. The second kappa shape index (κ2) is 5.81. The Morgan fingerprint density at radius 3 is 2.91 bits per heavy atom. The van der Waals surface area contributed by atoms with Crippen molar-refractivity contribution < 1.29 is 19.1 Å². The van der Waals surface area contributed by atoms with E-state index in [2.05, 4.69) is 4.98 Å². The molecule has 0 aliphatic carbocycles. The van der Waals surface area contributed by atoms with Crippen LogP contribution in [0.1, 0.15) is 33.8 Å². The number of phenolic OH excluding ortho intramolecular Hbond substituents is 1. The maximum absolute atomic E-state index is 12.6. The number of ether oxygens (including phenoxy) is 1. The molecule has 1 aromatic carbocycles. The van der Waals surface area contributed by atoms with Crippen LogP contribution in [0.15, 0.2) is 28.7 Å². The van der Waals surface area contributed by atoms with Crippen LogP contribution in [0, 0.1) is 13.8 Å². The van der Waals surface area contributed by atoms with Gasteiger partial charge in [0.25, 0.3) is 5.91 Å². The van der Waals surface area contributed by atoms with Crippen molar-refractivity contribution in [1.82, 2.24) is 9.88 Å². The average Bonchev–Trinajstić information content (AvgIpc) is 2.85. The van der Waals surface area contributed by atoms with Crippen LogP contribution in [-0.4, -0.2) is 40.6 Å². The van der Waals surface area contributed by atoms with E-state index in [9.17, 15) is 9.90 Å². The van der Waals surface area contributed by atoms with Crippen molar-refractivity contribution >= 4 is 5.91 Å². The third-order valence-corrected chi connectivity index (χ3v) is 3.69. The van der Waals surface area contributed by atoms with E-state index in [1.807, 2.05) is 6.07 Å². The van der Waals surface area contributed by atoms with Crippen LogP contribution in [0.5, 0.6) is 5.75 Å². The fourth-order valence-electron chi connectivity index (χ4n) is 2.63. The molecule has 1 atom stereocenters. The summed E-state index contributed by atoms with van der Waals surface area (Å²) in [7, 11) is 0. The van der Waals surface area contributed by atoms with E-state index in [-0.39, 0.29) is 23.5 Å². The number of carbonyl (C=O) groups is 1. The number of hydrogen-bond donors (Lipinski definition) is 1. The molecule has 116 valence electrons. The lowest BCUT2D eigenvalue weighted by Crippen LogP contribution is -2.42. The molecular weight excluding hydrogens is 284 g/mol. The molecule has 1 amide bonds. The molecule has 6 heteroatoms. The lowest BCUT2D eigenvalue weighted by molar-refractivity contribution is -0.0239. The molecule has 2 heterocycles. The van der Waals surface area contributed by atoms with E-state index in [1.54, 1.807) is 36.9 Å². The second-order valence-corrected chi connectivity index (χ2v) is 5.35. The number of carbonyl (C=O) groups excluding carboxylic acids is 1. The van der Waals surface area contributed by atoms with E-state index < -0.39 is 0 Å². The Labute approximate surface area is 128 Å². The number of phenols is 1. The van der Waals surface area contributed by atoms with Gasteiger partial charge in [0.2, 0.25) is 5.76 Å². The fourth-order valence-corrected chi connectivity index (χ4v) is 2.63. The van der Waals surface area contributed by atoms with Gasteiger partial charge >= 0.3 is 0 Å². The molecule has 1 fully saturated rings. The largest absolute Gasteiger partial charge is 0.508 e. The second-order valence-electron chi connectivity index (χ2n) is 5.35. The Morgan fingerprint density at radius 1 is 1.41 bits per heavy atom. The zero-order valence-corrected chi connectivity index (χ0v) is 12.6. The molecule has 1 aromatic heterocycles. The summed E-state index contributed by atoms with van der Waals surface area (Å²) < 4.78 is 11.1. The standard InChI is InChI=1S/C16H18N2O4/c1-10-15(22-11(2)17-10)16(20)18-6-7-21-14(9-18)12-4-3-5-13(19)8-12/h3-5,8,14,19H,6-7,9H2,1-2H3/t14-/m1/s1. The Hall–Kier alpha value is -2.34. The number of morpholine rings is 1. The molecule has 6 nitrogen and oxygen atoms in total. The van der Waals surface area contributed by atoms with Crippen molar-refractivity contribution in [2.45, 2.75) is 20.0 Å². The lowest BCUT2D eigenvalue weighted by Gasteiger charge is -2.32. The maximum atomic E-state index is 12.6. The number of aromatic nitrogens is 1. The Kier molecular flexibility index (Phi) is 3.85. The van der Waals surface area contributed by atoms with Crippen molar-refractivity contribution in [3.05, 3.63) is 47.2 Å². The SMILES string of the molecule is Cc1nc(C)c(C(=O)N2CCO[C@@H](c3cccc(O)c3)C2)o1. The minimum absolute atomic E-state index is 0.174. The van der Waals surface area contributed by atoms with E-state index in [4.69, 9.17) is 9.15 Å². The van der Waals surface area contributed by atoms with Crippen LogP contribution < -0.4 is 0 Å². The molecule has 1 saturated heterocycles. The molecule has 0 radical (unpaired) electrons. The van der Waals surface area contributed by atoms with Crippen LogP contribution in [0.2, 0.25) is 0 Å². The molecule has 3 rings (SSSR count). The van der Waals surface area contributed by atoms with E-state index in [0.717, 1.165) is 5.56 Å². The topological polar surface area (TPSA) is 75.8 Å². The van der Waals surface area contributed by atoms with Crippen molar-refractivity contribution in [3.8, 4) is 5.75 Å². The summed E-state index contributed by atoms with van der Waals surface area (Å²) in [5.74, 6) is 0.783. The van der Waals surface area contributed by atoms with Crippen molar-refractivity contribution in [2.75, 3.05) is 19.7 Å². The van der Waals surface area contributed by atoms with Crippen LogP contribution >= 0.6 is 0 Å². The van der Waals surface area contributed by atoms with Gasteiger partial charge < -0.3 is 19.2 Å². The molecule has 0 saturated carbocycles. The summed E-state index contributed by atoms with van der Waals surface area (Å²) in [4.78, 5) is 18.4. The highest BCUT2D eigenvalue weighted by Gasteiger charge is 2.29. The van der Waals surface area contributed by atoms with Gasteiger partial charge in [-0.2, -0.15) is 0 Å². The molecule has 2 aromatic rings. The summed E-state index contributed by atoms with van der Waals surface area (Å²) in [6, 6.07) is 6.90. The average molecular weight is 302 g/mol. The highest BCUT2D eigenvalue weighted by atomic mass is 16.5. The van der Waals surface area contributed by atoms with Crippen molar-refractivity contribution in [1.29, 1.82) is 0 Å². The van der Waals surface area contributed by atoms with Crippen molar-refractivity contribution in [2.24, 2.45) is 0 Å². The van der Waals surface area contributed by atoms with Gasteiger partial charge in [-0.1, -0.05) is 12.1 Å². The smallest absolute Gasteiger partial charge is 0.291 e. The van der Waals surface area contributed by atoms with Gasteiger partial charge in [0.05, 0.1) is 18.8 Å². The van der Waals surface area contributed by atoms with Crippen LogP contribution in [0.4, 0.5) is 0 Å². The number of amides is 1. The molecule has 0 unspecified atom stereocenters. The fraction of sp³-hybridized carbons (Fsp3) is 0.375. The van der Waals surface area contributed by atoms with Gasteiger partial charge in [0.15, 0.2) is 5.89 Å². The van der Waals surface area contributed by atoms with Crippen LogP contribution in [0.3, 0.4) is 0 Å². The van der Waals surface area contributed by atoms with E-state index in [1.165, 1.54) is 0 Å². The Morgan fingerprint density at radius 2 is 2.23 bits per heavy atom. The third-order valence-electron chi connectivity index (χ3n) is 3.69. The summed E-state index contributed by atoms with van der Waals surface area (Å²) in [6.45, 7) is 4.85. The molecule has 1 aliphatic rings. The maximum Gasteiger partial charge on any atom is 0.291 e. The highest BCUT2D eigenvalue weighted by molar-refractivity contribution is 5.92. The molecule has 22 heavy (non-hydrogen) atoms. The minimum Gasteiger partial charge on any atom is -0.508 e. The summed E-state index contributed by atoms with van der Waals surface area (Å²) in [5, 5.41) is 9.58. The van der Waals surface area contributed by atoms with Crippen LogP contribution in [-0.2, 0) is 4.74 Å². The number of rotatable bonds is 2. The number of aromatic hydroxyl groups is 1.